The maximum absolute atomic E-state index is 12.1. The van der Waals surface area contributed by atoms with Gasteiger partial charge in [-0.3, -0.25) is 0 Å². The van der Waals surface area contributed by atoms with E-state index in [2.05, 4.69) is 15.9 Å². The van der Waals surface area contributed by atoms with Crippen LogP contribution in [-0.2, 0) is 6.42 Å². The highest BCUT2D eigenvalue weighted by Gasteiger charge is 2.31. The molecule has 6 heteroatoms. The molecular formula is C11H12BrF3O2. The number of aliphatic hydroxyl groups excluding tert-OH is 1. The van der Waals surface area contributed by atoms with Gasteiger partial charge in [-0.1, -0.05) is 15.9 Å². The maximum Gasteiger partial charge on any atom is 0.391 e. The van der Waals surface area contributed by atoms with Gasteiger partial charge in [0.2, 0.25) is 0 Å². The largest absolute Gasteiger partial charge is 0.497 e. The monoisotopic (exact) mass is 312 g/mol. The average Bonchev–Trinajstić information content (AvgIpc) is 2.18. The number of rotatable bonds is 4. The van der Waals surface area contributed by atoms with E-state index in [0.29, 0.717) is 15.8 Å². The van der Waals surface area contributed by atoms with E-state index in [4.69, 9.17) is 4.74 Å². The highest BCUT2D eigenvalue weighted by atomic mass is 79.9. The van der Waals surface area contributed by atoms with Gasteiger partial charge in [-0.15, -0.1) is 0 Å². The zero-order chi connectivity index (χ0) is 13.1. The Balaban J connectivity index is 2.73. The van der Waals surface area contributed by atoms with E-state index in [1.807, 2.05) is 0 Å². The highest BCUT2D eigenvalue weighted by Crippen LogP contribution is 2.27. The molecule has 96 valence electrons. The number of methoxy groups -OCH3 is 1. The summed E-state index contributed by atoms with van der Waals surface area (Å²) in [7, 11) is 1.47. The summed E-state index contributed by atoms with van der Waals surface area (Å²) in [6.07, 6.45) is -7.09. The number of hydrogen-bond acceptors (Lipinski definition) is 2. The fourth-order valence-corrected chi connectivity index (χ4v) is 1.84. The van der Waals surface area contributed by atoms with Gasteiger partial charge in [-0.25, -0.2) is 0 Å². The second-order valence-corrected chi connectivity index (χ2v) is 4.49. The number of benzene rings is 1. The van der Waals surface area contributed by atoms with Crippen LogP contribution in [0.5, 0.6) is 5.75 Å². The Labute approximate surface area is 106 Å². The van der Waals surface area contributed by atoms with Crippen molar-refractivity contribution < 1.29 is 23.0 Å². The zero-order valence-corrected chi connectivity index (χ0v) is 10.7. The molecule has 1 rings (SSSR count). The molecule has 0 bridgehead atoms. The van der Waals surface area contributed by atoms with Crippen LogP contribution < -0.4 is 4.74 Å². The molecule has 1 atom stereocenters. The summed E-state index contributed by atoms with van der Waals surface area (Å²) in [5, 5.41) is 9.34. The molecule has 17 heavy (non-hydrogen) atoms. The van der Waals surface area contributed by atoms with Crippen molar-refractivity contribution in [2.24, 2.45) is 0 Å². The Hall–Kier alpha value is -0.750. The topological polar surface area (TPSA) is 29.5 Å². The lowest BCUT2D eigenvalue weighted by Gasteiger charge is -2.14. The SMILES string of the molecule is COc1ccc(Br)c(CC(O)CC(F)(F)F)c1. The Morgan fingerprint density at radius 1 is 1.41 bits per heavy atom. The molecule has 0 saturated carbocycles. The van der Waals surface area contributed by atoms with Crippen molar-refractivity contribution in [1.29, 1.82) is 0 Å². The summed E-state index contributed by atoms with van der Waals surface area (Å²) in [5.41, 5.74) is 0.584. The van der Waals surface area contributed by atoms with Gasteiger partial charge in [0.15, 0.2) is 0 Å². The summed E-state index contributed by atoms with van der Waals surface area (Å²) in [4.78, 5) is 0. The van der Waals surface area contributed by atoms with E-state index in [0.717, 1.165) is 0 Å². The molecule has 2 nitrogen and oxygen atoms in total. The van der Waals surface area contributed by atoms with Crippen molar-refractivity contribution in [3.63, 3.8) is 0 Å². The minimum Gasteiger partial charge on any atom is -0.497 e. The Morgan fingerprint density at radius 2 is 2.06 bits per heavy atom. The van der Waals surface area contributed by atoms with Crippen molar-refractivity contribution in [3.05, 3.63) is 28.2 Å². The molecule has 1 unspecified atom stereocenters. The smallest absolute Gasteiger partial charge is 0.391 e. The summed E-state index contributed by atoms with van der Waals surface area (Å²) in [5.74, 6) is 0.544. The van der Waals surface area contributed by atoms with Crippen molar-refractivity contribution in [3.8, 4) is 5.75 Å². The van der Waals surface area contributed by atoms with Crippen LogP contribution in [0, 0.1) is 0 Å². The van der Waals surface area contributed by atoms with E-state index in [1.54, 1.807) is 18.2 Å². The van der Waals surface area contributed by atoms with Crippen LogP contribution >= 0.6 is 15.9 Å². The molecule has 0 saturated heterocycles. The van der Waals surface area contributed by atoms with Crippen LogP contribution in [-0.4, -0.2) is 24.5 Å². The third-order valence-electron chi connectivity index (χ3n) is 2.18. The number of alkyl halides is 3. The lowest BCUT2D eigenvalue weighted by molar-refractivity contribution is -0.153. The molecule has 0 fully saturated rings. The van der Waals surface area contributed by atoms with Crippen molar-refractivity contribution in [2.75, 3.05) is 7.11 Å². The van der Waals surface area contributed by atoms with Crippen LogP contribution in [0.3, 0.4) is 0 Å². The lowest BCUT2D eigenvalue weighted by Crippen LogP contribution is -2.21. The van der Waals surface area contributed by atoms with Gasteiger partial charge in [0.1, 0.15) is 5.75 Å². The predicted octanol–water partition coefficient (Wildman–Crippen LogP) is 3.31. The minimum absolute atomic E-state index is 0.0721. The van der Waals surface area contributed by atoms with Gasteiger partial charge in [-0.05, 0) is 30.2 Å². The van der Waals surface area contributed by atoms with Crippen molar-refractivity contribution in [1.82, 2.24) is 0 Å². The van der Waals surface area contributed by atoms with Crippen LogP contribution in [0.2, 0.25) is 0 Å². The Morgan fingerprint density at radius 3 is 2.59 bits per heavy atom. The van der Waals surface area contributed by atoms with Crippen LogP contribution in [0.1, 0.15) is 12.0 Å². The standard InChI is InChI=1S/C11H12BrF3O2/c1-17-9-2-3-10(12)7(5-9)4-8(16)6-11(13,14)15/h2-3,5,8,16H,4,6H2,1H3. The van der Waals surface area contributed by atoms with Crippen molar-refractivity contribution in [2.45, 2.75) is 25.1 Å². The van der Waals surface area contributed by atoms with E-state index in [9.17, 15) is 18.3 Å². The normalized spacial score (nSPS) is 13.5. The Kier molecular flexibility index (Phi) is 4.82. The molecule has 0 amide bonds. The van der Waals surface area contributed by atoms with Crippen LogP contribution in [0.15, 0.2) is 22.7 Å². The van der Waals surface area contributed by atoms with Crippen LogP contribution in [0.25, 0.3) is 0 Å². The third-order valence-corrected chi connectivity index (χ3v) is 2.95. The molecular weight excluding hydrogens is 301 g/mol. The van der Waals surface area contributed by atoms with E-state index in [1.165, 1.54) is 7.11 Å². The molecule has 1 aromatic carbocycles. The molecule has 0 aromatic heterocycles. The molecule has 0 aliphatic rings. The van der Waals surface area contributed by atoms with Gasteiger partial charge in [-0.2, -0.15) is 13.2 Å². The molecule has 0 heterocycles. The maximum atomic E-state index is 12.1. The average molecular weight is 313 g/mol. The third kappa shape index (κ3) is 4.95. The highest BCUT2D eigenvalue weighted by molar-refractivity contribution is 9.10. The van der Waals surface area contributed by atoms with E-state index < -0.39 is 18.7 Å². The summed E-state index contributed by atoms with van der Waals surface area (Å²) in [6, 6.07) is 4.96. The molecule has 1 aromatic rings. The first-order chi connectivity index (χ1) is 7.81. The quantitative estimate of drug-likeness (QED) is 0.924. The van der Waals surface area contributed by atoms with Crippen molar-refractivity contribution >= 4 is 15.9 Å². The molecule has 0 aliphatic heterocycles. The predicted molar refractivity (Wildman–Crippen MR) is 61.1 cm³/mol. The zero-order valence-electron chi connectivity index (χ0n) is 9.09. The van der Waals surface area contributed by atoms with Crippen LogP contribution in [0.4, 0.5) is 13.2 Å². The lowest BCUT2D eigenvalue weighted by atomic mass is 10.1. The van der Waals surface area contributed by atoms with Gasteiger partial charge in [0.05, 0.1) is 19.6 Å². The van der Waals surface area contributed by atoms with Gasteiger partial charge in [0, 0.05) is 4.47 Å². The first kappa shape index (κ1) is 14.3. The van der Waals surface area contributed by atoms with Gasteiger partial charge >= 0.3 is 6.18 Å². The first-order valence-corrected chi connectivity index (χ1v) is 5.68. The minimum atomic E-state index is -4.36. The number of hydrogen-bond donors (Lipinski definition) is 1. The number of halogens is 4. The molecule has 1 N–H and O–H groups in total. The number of ether oxygens (including phenoxy) is 1. The fourth-order valence-electron chi connectivity index (χ4n) is 1.43. The van der Waals surface area contributed by atoms with Gasteiger partial charge < -0.3 is 9.84 Å². The first-order valence-electron chi connectivity index (χ1n) is 4.89. The molecule has 0 spiro atoms. The van der Waals surface area contributed by atoms with E-state index >= 15 is 0 Å². The fraction of sp³-hybridized carbons (Fsp3) is 0.455. The second kappa shape index (κ2) is 5.73. The van der Waals surface area contributed by atoms with Gasteiger partial charge in [0.25, 0.3) is 0 Å². The number of aliphatic hydroxyl groups is 1. The molecule has 0 radical (unpaired) electrons. The molecule has 0 aliphatic carbocycles. The van der Waals surface area contributed by atoms with E-state index in [-0.39, 0.29) is 6.42 Å². The Bertz CT molecular complexity index is 379. The summed E-state index contributed by atoms with van der Waals surface area (Å²) < 4.78 is 41.8. The summed E-state index contributed by atoms with van der Waals surface area (Å²) >= 11 is 3.22. The second-order valence-electron chi connectivity index (χ2n) is 3.63. The summed E-state index contributed by atoms with van der Waals surface area (Å²) in [6.45, 7) is 0.